The van der Waals surface area contributed by atoms with E-state index >= 15 is 0 Å². The molecule has 86 valence electrons. The van der Waals surface area contributed by atoms with Crippen molar-refractivity contribution in [1.82, 2.24) is 10.6 Å². The molecule has 0 aromatic carbocycles. The van der Waals surface area contributed by atoms with Gasteiger partial charge in [0.05, 0.1) is 6.42 Å². The third-order valence-corrected chi connectivity index (χ3v) is 2.30. The van der Waals surface area contributed by atoms with Crippen molar-refractivity contribution in [1.29, 1.82) is 0 Å². The number of halogens is 1. The number of hydrogen-bond donors (Lipinski definition) is 3. The van der Waals surface area contributed by atoms with E-state index in [2.05, 4.69) is 10.6 Å². The number of carboxylic acids is 1. The number of carbonyl (C=O) groups is 2. The molecule has 3 N–H and O–H groups in total. The van der Waals surface area contributed by atoms with Gasteiger partial charge >= 0.3 is 12.0 Å². The van der Waals surface area contributed by atoms with E-state index in [4.69, 9.17) is 5.11 Å². The van der Waals surface area contributed by atoms with Crippen LogP contribution < -0.4 is 10.6 Å². The zero-order valence-corrected chi connectivity index (χ0v) is 8.55. The third-order valence-electron chi connectivity index (χ3n) is 2.30. The molecule has 2 amide bonds. The van der Waals surface area contributed by atoms with E-state index < -0.39 is 17.7 Å². The van der Waals surface area contributed by atoms with Crippen molar-refractivity contribution in [2.75, 3.05) is 6.54 Å². The zero-order valence-electron chi connectivity index (χ0n) is 8.55. The van der Waals surface area contributed by atoms with Gasteiger partial charge in [-0.1, -0.05) is 0 Å². The van der Waals surface area contributed by atoms with E-state index in [-0.39, 0.29) is 19.0 Å². The van der Waals surface area contributed by atoms with Gasteiger partial charge in [-0.3, -0.25) is 4.79 Å². The fraction of sp³-hybridized carbons (Fsp3) is 0.778. The number of nitrogens with one attached hydrogen (secondary N) is 2. The number of amides is 2. The number of urea groups is 1. The highest BCUT2D eigenvalue weighted by Crippen LogP contribution is 2.35. The maximum Gasteiger partial charge on any atom is 0.315 e. The molecule has 0 saturated heterocycles. The fourth-order valence-electron chi connectivity index (χ4n) is 1.59. The Kier molecular flexibility index (Phi) is 3.49. The largest absolute Gasteiger partial charge is 0.481 e. The van der Waals surface area contributed by atoms with Crippen molar-refractivity contribution in [3.05, 3.63) is 0 Å². The van der Waals surface area contributed by atoms with Gasteiger partial charge in [0.2, 0.25) is 0 Å². The molecule has 5 nitrogen and oxygen atoms in total. The van der Waals surface area contributed by atoms with Gasteiger partial charge in [0, 0.05) is 25.4 Å². The molecule has 1 saturated carbocycles. The topological polar surface area (TPSA) is 78.4 Å². The summed E-state index contributed by atoms with van der Waals surface area (Å²) in [6.45, 7) is 1.58. The maximum atomic E-state index is 13.0. The second kappa shape index (κ2) is 4.46. The van der Waals surface area contributed by atoms with Gasteiger partial charge in [-0.25, -0.2) is 9.18 Å². The van der Waals surface area contributed by atoms with Crippen LogP contribution in [0.15, 0.2) is 0 Å². The van der Waals surface area contributed by atoms with Crippen LogP contribution in [0.3, 0.4) is 0 Å². The Bertz CT molecular complexity index is 260. The highest BCUT2D eigenvalue weighted by atomic mass is 19.1. The van der Waals surface area contributed by atoms with Crippen LogP contribution >= 0.6 is 0 Å². The molecule has 6 heteroatoms. The molecule has 0 bridgehead atoms. The molecule has 0 radical (unpaired) electrons. The second-order valence-corrected chi connectivity index (χ2v) is 4.06. The Labute approximate surface area is 87.0 Å². The van der Waals surface area contributed by atoms with E-state index in [1.54, 1.807) is 0 Å². The normalized spacial score (nSPS) is 29.1. The van der Waals surface area contributed by atoms with E-state index in [0.717, 1.165) is 0 Å². The Morgan fingerprint density at radius 2 is 2.13 bits per heavy atom. The minimum atomic E-state index is -1.17. The van der Waals surface area contributed by atoms with Crippen LogP contribution in [-0.2, 0) is 4.79 Å². The van der Waals surface area contributed by atoms with Crippen LogP contribution in [0, 0.1) is 0 Å². The number of aliphatic carboxylic acids is 1. The van der Waals surface area contributed by atoms with Crippen LogP contribution in [0.4, 0.5) is 9.18 Å². The molecule has 0 aliphatic heterocycles. The van der Waals surface area contributed by atoms with Gasteiger partial charge in [0.25, 0.3) is 0 Å². The van der Waals surface area contributed by atoms with Crippen LogP contribution in [0.25, 0.3) is 0 Å². The summed E-state index contributed by atoms with van der Waals surface area (Å²) in [5, 5.41) is 13.3. The van der Waals surface area contributed by atoms with Crippen LogP contribution in [-0.4, -0.2) is 35.4 Å². The summed E-state index contributed by atoms with van der Waals surface area (Å²) in [4.78, 5) is 21.2. The third kappa shape index (κ3) is 4.14. The minimum absolute atomic E-state index is 0.0841. The first-order valence-corrected chi connectivity index (χ1v) is 4.84. The van der Waals surface area contributed by atoms with E-state index in [1.807, 2.05) is 0 Å². The van der Waals surface area contributed by atoms with Gasteiger partial charge in [0.15, 0.2) is 0 Å². The SMILES string of the molecule is CC1(F)CC(NC(=O)NCCC(=O)O)C1. The molecular formula is C9H15FN2O3. The molecule has 15 heavy (non-hydrogen) atoms. The van der Waals surface area contributed by atoms with Crippen molar-refractivity contribution < 1.29 is 19.1 Å². The molecular weight excluding hydrogens is 203 g/mol. The first kappa shape index (κ1) is 11.7. The van der Waals surface area contributed by atoms with E-state index in [9.17, 15) is 14.0 Å². The lowest BCUT2D eigenvalue weighted by atomic mass is 9.79. The molecule has 0 aromatic rings. The summed E-state index contributed by atoms with van der Waals surface area (Å²) in [6.07, 6.45) is 0.525. The first-order valence-electron chi connectivity index (χ1n) is 4.84. The average molecular weight is 218 g/mol. The molecule has 0 atom stereocenters. The predicted molar refractivity (Wildman–Crippen MR) is 51.3 cm³/mol. The number of hydrogen-bond acceptors (Lipinski definition) is 2. The number of carboxylic acid groups (broad SMARTS) is 1. The van der Waals surface area contributed by atoms with E-state index in [1.165, 1.54) is 6.92 Å². The quantitative estimate of drug-likeness (QED) is 0.648. The average Bonchev–Trinajstić information content (AvgIpc) is 1.99. The van der Waals surface area contributed by atoms with Gasteiger partial charge in [-0.05, 0) is 6.92 Å². The number of rotatable bonds is 4. The monoisotopic (exact) mass is 218 g/mol. The standard InChI is InChI=1S/C9H15FN2O3/c1-9(10)4-6(5-9)12-8(15)11-3-2-7(13)14/h6H,2-5H2,1H3,(H,13,14)(H2,11,12,15). The van der Waals surface area contributed by atoms with Crippen molar-refractivity contribution >= 4 is 12.0 Å². The summed E-state index contributed by atoms with van der Waals surface area (Å²) in [5.74, 6) is -0.963. The molecule has 0 spiro atoms. The van der Waals surface area contributed by atoms with Gasteiger partial charge in [-0.2, -0.15) is 0 Å². The van der Waals surface area contributed by atoms with Crippen LogP contribution in [0.5, 0.6) is 0 Å². The summed E-state index contributed by atoms with van der Waals surface area (Å²) in [6, 6.07) is -0.568. The molecule has 1 aliphatic carbocycles. The Morgan fingerprint density at radius 3 is 2.60 bits per heavy atom. The molecule has 0 unspecified atom stereocenters. The highest BCUT2D eigenvalue weighted by Gasteiger charge is 2.41. The van der Waals surface area contributed by atoms with Gasteiger partial charge < -0.3 is 15.7 Å². The summed E-state index contributed by atoms with van der Waals surface area (Å²) in [7, 11) is 0. The fourth-order valence-corrected chi connectivity index (χ4v) is 1.59. The van der Waals surface area contributed by atoms with E-state index in [0.29, 0.717) is 12.8 Å². The first-order chi connectivity index (χ1) is 6.89. The van der Waals surface area contributed by atoms with Crippen molar-refractivity contribution in [3.8, 4) is 0 Å². The van der Waals surface area contributed by atoms with Gasteiger partial charge in [-0.15, -0.1) is 0 Å². The lowest BCUT2D eigenvalue weighted by Gasteiger charge is -2.38. The van der Waals surface area contributed by atoms with Gasteiger partial charge in [0.1, 0.15) is 5.67 Å². The lowest BCUT2D eigenvalue weighted by molar-refractivity contribution is -0.136. The molecule has 0 aromatic heterocycles. The predicted octanol–water partition coefficient (Wildman–Crippen LogP) is 0.651. The summed E-state index contributed by atoms with van der Waals surface area (Å²) >= 11 is 0. The molecule has 0 heterocycles. The van der Waals surface area contributed by atoms with Crippen LogP contribution in [0.2, 0.25) is 0 Å². The van der Waals surface area contributed by atoms with Crippen molar-refractivity contribution in [2.45, 2.75) is 37.9 Å². The Morgan fingerprint density at radius 1 is 1.53 bits per heavy atom. The molecule has 1 rings (SSSR count). The Hall–Kier alpha value is -1.33. The second-order valence-electron chi connectivity index (χ2n) is 4.06. The van der Waals surface area contributed by atoms with Crippen LogP contribution in [0.1, 0.15) is 26.2 Å². The van der Waals surface area contributed by atoms with Crippen molar-refractivity contribution in [2.24, 2.45) is 0 Å². The lowest BCUT2D eigenvalue weighted by Crippen LogP contribution is -2.53. The molecule has 1 aliphatic rings. The molecule has 1 fully saturated rings. The highest BCUT2D eigenvalue weighted by molar-refractivity contribution is 5.75. The Balaban J connectivity index is 2.07. The number of carbonyl (C=O) groups excluding carboxylic acids is 1. The zero-order chi connectivity index (χ0) is 11.5. The summed E-state index contributed by atoms with van der Waals surface area (Å²) < 4.78 is 13.0. The maximum absolute atomic E-state index is 13.0. The smallest absolute Gasteiger partial charge is 0.315 e. The number of alkyl halides is 1. The summed E-state index contributed by atoms with van der Waals surface area (Å²) in [5.41, 5.74) is -1.17. The minimum Gasteiger partial charge on any atom is -0.481 e. The van der Waals surface area contributed by atoms with Crippen molar-refractivity contribution in [3.63, 3.8) is 0 Å².